The maximum absolute atomic E-state index is 13.1. The van der Waals surface area contributed by atoms with Gasteiger partial charge >= 0.3 is 0 Å². The third kappa shape index (κ3) is 4.49. The molecule has 0 aliphatic heterocycles. The van der Waals surface area contributed by atoms with Crippen LogP contribution in [0.15, 0.2) is 58.7 Å². The summed E-state index contributed by atoms with van der Waals surface area (Å²) in [6.45, 7) is 10.1. The van der Waals surface area contributed by atoms with Gasteiger partial charge in [-0.15, -0.1) is 16.8 Å². The molecule has 9 heteroatoms. The van der Waals surface area contributed by atoms with Crippen molar-refractivity contribution in [3.63, 3.8) is 0 Å². The van der Waals surface area contributed by atoms with Crippen molar-refractivity contribution in [3.05, 3.63) is 71.8 Å². The van der Waals surface area contributed by atoms with E-state index in [1.165, 1.54) is 11.8 Å². The minimum atomic E-state index is 0.0127. The van der Waals surface area contributed by atoms with Crippen LogP contribution in [0.25, 0.3) is 17.2 Å². The van der Waals surface area contributed by atoms with Crippen LogP contribution in [-0.2, 0) is 6.54 Å². The zero-order valence-corrected chi connectivity index (χ0v) is 19.8. The molecule has 33 heavy (non-hydrogen) atoms. The summed E-state index contributed by atoms with van der Waals surface area (Å²) in [5.74, 6) is 3.12. The fraction of sp³-hybridized carbons (Fsp3) is 0.250. The van der Waals surface area contributed by atoms with Gasteiger partial charge in [-0.05, 0) is 51.1 Å². The van der Waals surface area contributed by atoms with E-state index in [2.05, 4.69) is 21.9 Å². The van der Waals surface area contributed by atoms with E-state index in [0.29, 0.717) is 28.9 Å². The number of aryl methyl sites for hydroxylation is 2. The van der Waals surface area contributed by atoms with Crippen LogP contribution < -0.4 is 4.74 Å². The predicted octanol–water partition coefficient (Wildman–Crippen LogP) is 4.82. The van der Waals surface area contributed by atoms with Crippen molar-refractivity contribution >= 4 is 17.5 Å². The molecule has 0 unspecified atom stereocenters. The molecule has 4 aromatic rings. The molecule has 0 amide bonds. The highest BCUT2D eigenvalue weighted by atomic mass is 32.2. The standard InChI is InChI=1S/C24H25N5O3S/c1-6-11-28-23(18-7-9-19(31-5)10-8-18)25-26-24(28)33-14-21(30)20-12-15(2)29(17(20)4)22-13-16(3)32-27-22/h6-10,12-13H,1,11,14H2,2-5H3. The van der Waals surface area contributed by atoms with E-state index in [-0.39, 0.29) is 11.5 Å². The van der Waals surface area contributed by atoms with Gasteiger partial charge < -0.3 is 9.26 Å². The summed E-state index contributed by atoms with van der Waals surface area (Å²) in [6.07, 6.45) is 1.79. The normalized spacial score (nSPS) is 11.0. The molecule has 0 aliphatic rings. The summed E-state index contributed by atoms with van der Waals surface area (Å²) < 4.78 is 14.3. The van der Waals surface area contributed by atoms with E-state index in [0.717, 1.165) is 28.5 Å². The highest BCUT2D eigenvalue weighted by molar-refractivity contribution is 7.99. The molecule has 3 aromatic heterocycles. The lowest BCUT2D eigenvalue weighted by Gasteiger charge is -2.08. The van der Waals surface area contributed by atoms with Gasteiger partial charge in [0.1, 0.15) is 11.5 Å². The number of Topliss-reactive ketones (excluding diaryl/α,β-unsaturated/α-hetero) is 1. The Morgan fingerprint density at radius 3 is 2.58 bits per heavy atom. The van der Waals surface area contributed by atoms with E-state index >= 15 is 0 Å². The van der Waals surface area contributed by atoms with Crippen LogP contribution in [0.2, 0.25) is 0 Å². The molecule has 0 saturated carbocycles. The average molecular weight is 464 g/mol. The van der Waals surface area contributed by atoms with Gasteiger partial charge in [0.25, 0.3) is 0 Å². The molecule has 0 aliphatic carbocycles. The van der Waals surface area contributed by atoms with Crippen molar-refractivity contribution in [2.45, 2.75) is 32.5 Å². The van der Waals surface area contributed by atoms with E-state index < -0.39 is 0 Å². The number of benzene rings is 1. The second-order valence-corrected chi connectivity index (χ2v) is 8.50. The molecule has 4 rings (SSSR count). The number of allylic oxidation sites excluding steroid dienone is 1. The molecule has 0 saturated heterocycles. The Morgan fingerprint density at radius 2 is 1.94 bits per heavy atom. The van der Waals surface area contributed by atoms with Gasteiger partial charge in [-0.1, -0.05) is 23.0 Å². The second-order valence-electron chi connectivity index (χ2n) is 7.56. The number of carbonyl (C=O) groups is 1. The van der Waals surface area contributed by atoms with Crippen molar-refractivity contribution in [2.75, 3.05) is 12.9 Å². The van der Waals surface area contributed by atoms with Crippen LogP contribution >= 0.6 is 11.8 Å². The minimum absolute atomic E-state index is 0.0127. The van der Waals surface area contributed by atoms with Crippen molar-refractivity contribution in [2.24, 2.45) is 0 Å². The summed E-state index contributed by atoms with van der Waals surface area (Å²) in [4.78, 5) is 13.1. The van der Waals surface area contributed by atoms with Crippen LogP contribution in [0.1, 0.15) is 27.5 Å². The number of aromatic nitrogens is 5. The first-order valence-corrected chi connectivity index (χ1v) is 11.4. The molecular weight excluding hydrogens is 438 g/mol. The predicted molar refractivity (Wildman–Crippen MR) is 127 cm³/mol. The fourth-order valence-electron chi connectivity index (χ4n) is 3.71. The van der Waals surface area contributed by atoms with Crippen molar-refractivity contribution in [1.29, 1.82) is 0 Å². The number of methoxy groups -OCH3 is 1. The third-order valence-electron chi connectivity index (χ3n) is 5.29. The molecule has 170 valence electrons. The summed E-state index contributed by atoms with van der Waals surface area (Å²) in [5, 5.41) is 13.4. The molecule has 0 bridgehead atoms. The van der Waals surface area contributed by atoms with Crippen LogP contribution in [0.5, 0.6) is 5.75 Å². The second kappa shape index (κ2) is 9.50. The summed E-state index contributed by atoms with van der Waals surface area (Å²) in [6, 6.07) is 11.4. The highest BCUT2D eigenvalue weighted by Gasteiger charge is 2.20. The first-order valence-electron chi connectivity index (χ1n) is 10.4. The number of ketones is 1. The first-order chi connectivity index (χ1) is 15.9. The van der Waals surface area contributed by atoms with Gasteiger partial charge in [0.05, 0.1) is 12.9 Å². The zero-order valence-electron chi connectivity index (χ0n) is 19.0. The number of hydrogen-bond donors (Lipinski definition) is 0. The Morgan fingerprint density at radius 1 is 1.18 bits per heavy atom. The molecule has 0 radical (unpaired) electrons. The topological polar surface area (TPSA) is 88.0 Å². The quantitative estimate of drug-likeness (QED) is 0.200. The highest BCUT2D eigenvalue weighted by Crippen LogP contribution is 2.27. The maximum Gasteiger partial charge on any atom is 0.192 e. The maximum atomic E-state index is 13.1. The fourth-order valence-corrected chi connectivity index (χ4v) is 4.54. The Labute approximate surface area is 196 Å². The number of carbonyl (C=O) groups excluding carboxylic acids is 1. The number of hydrogen-bond acceptors (Lipinski definition) is 7. The third-order valence-corrected chi connectivity index (χ3v) is 6.25. The molecule has 8 nitrogen and oxygen atoms in total. The molecule has 0 atom stereocenters. The SMILES string of the molecule is C=CCn1c(SCC(=O)c2cc(C)n(-c3cc(C)on3)c2C)nnc1-c1ccc(OC)cc1. The lowest BCUT2D eigenvalue weighted by atomic mass is 10.2. The van der Waals surface area contributed by atoms with E-state index in [4.69, 9.17) is 9.26 Å². The van der Waals surface area contributed by atoms with E-state index in [9.17, 15) is 4.79 Å². The van der Waals surface area contributed by atoms with Crippen LogP contribution in [-0.4, -0.2) is 43.1 Å². The van der Waals surface area contributed by atoms with Gasteiger partial charge in [0, 0.05) is 35.1 Å². The number of thioether (sulfide) groups is 1. The van der Waals surface area contributed by atoms with Crippen LogP contribution in [0.3, 0.4) is 0 Å². The van der Waals surface area contributed by atoms with E-state index in [1.54, 1.807) is 13.2 Å². The lowest BCUT2D eigenvalue weighted by molar-refractivity contribution is 0.102. The molecule has 0 N–H and O–H groups in total. The largest absolute Gasteiger partial charge is 0.497 e. The Bertz CT molecular complexity index is 1300. The molecular formula is C24H25N5O3S. The van der Waals surface area contributed by atoms with Gasteiger partial charge in [-0.2, -0.15) is 0 Å². The molecule has 1 aromatic carbocycles. The zero-order chi connectivity index (χ0) is 23.5. The van der Waals surface area contributed by atoms with Crippen LogP contribution in [0.4, 0.5) is 0 Å². The smallest absolute Gasteiger partial charge is 0.192 e. The van der Waals surface area contributed by atoms with Gasteiger partial charge in [-0.3, -0.25) is 13.9 Å². The van der Waals surface area contributed by atoms with Crippen molar-refractivity contribution in [1.82, 2.24) is 24.5 Å². The summed E-state index contributed by atoms with van der Waals surface area (Å²) in [5.41, 5.74) is 3.32. The minimum Gasteiger partial charge on any atom is -0.497 e. The van der Waals surface area contributed by atoms with Gasteiger partial charge in [0.15, 0.2) is 22.6 Å². The van der Waals surface area contributed by atoms with Crippen molar-refractivity contribution in [3.8, 4) is 23.0 Å². The molecule has 0 fully saturated rings. The van der Waals surface area contributed by atoms with Crippen LogP contribution in [0, 0.1) is 20.8 Å². The lowest BCUT2D eigenvalue weighted by Crippen LogP contribution is -2.07. The average Bonchev–Trinajstić information content (AvgIpc) is 3.49. The van der Waals surface area contributed by atoms with Gasteiger partial charge in [0.2, 0.25) is 0 Å². The number of nitrogens with zero attached hydrogens (tertiary/aromatic N) is 5. The first kappa shape index (κ1) is 22.6. The van der Waals surface area contributed by atoms with E-state index in [1.807, 2.05) is 66.3 Å². The van der Waals surface area contributed by atoms with Crippen molar-refractivity contribution < 1.29 is 14.1 Å². The summed E-state index contributed by atoms with van der Waals surface area (Å²) in [7, 11) is 1.63. The Balaban J connectivity index is 1.55. The molecule has 0 spiro atoms. The molecule has 3 heterocycles. The number of rotatable bonds is 9. The monoisotopic (exact) mass is 463 g/mol. The summed E-state index contributed by atoms with van der Waals surface area (Å²) >= 11 is 1.36. The number of ether oxygens (including phenoxy) is 1. The Hall–Kier alpha value is -3.59. The van der Waals surface area contributed by atoms with Gasteiger partial charge in [-0.25, -0.2) is 0 Å². The Kier molecular flexibility index (Phi) is 6.50.